The molecule has 6 heteroatoms. The van der Waals surface area contributed by atoms with E-state index in [9.17, 15) is 4.79 Å². The van der Waals surface area contributed by atoms with Gasteiger partial charge in [0.2, 0.25) is 0 Å². The summed E-state index contributed by atoms with van der Waals surface area (Å²) in [4.78, 5) is 11.3. The van der Waals surface area contributed by atoms with Crippen molar-refractivity contribution in [3.63, 3.8) is 0 Å². The Morgan fingerprint density at radius 3 is 2.33 bits per heavy atom. The molecule has 0 rings (SSSR count). The molecule has 18 heavy (non-hydrogen) atoms. The van der Waals surface area contributed by atoms with Crippen LogP contribution in [0.4, 0.5) is 0 Å². The number of esters is 1. The van der Waals surface area contributed by atoms with E-state index in [4.69, 9.17) is 24.2 Å². The number of nitriles is 1. The monoisotopic (exact) mass is 259 g/mol. The molecule has 0 heterocycles. The molecular formula is C12H21NO5. The Hall–Kier alpha value is -1.16. The number of carbonyl (C=O) groups excluding carboxylic acids is 1. The lowest BCUT2D eigenvalue weighted by molar-refractivity contribution is -0.146. The van der Waals surface area contributed by atoms with Crippen LogP contribution in [0.1, 0.15) is 13.3 Å². The van der Waals surface area contributed by atoms with Crippen molar-refractivity contribution in [2.24, 2.45) is 5.92 Å². The second-order valence-corrected chi connectivity index (χ2v) is 3.44. The fourth-order valence-electron chi connectivity index (χ4n) is 1.14. The molecule has 0 saturated carbocycles. The summed E-state index contributed by atoms with van der Waals surface area (Å²) >= 11 is 0. The lowest BCUT2D eigenvalue weighted by Crippen LogP contribution is -2.18. The zero-order valence-electron chi connectivity index (χ0n) is 11.0. The third-order valence-corrected chi connectivity index (χ3v) is 2.08. The van der Waals surface area contributed by atoms with Crippen LogP contribution in [0.5, 0.6) is 0 Å². The molecule has 104 valence electrons. The van der Waals surface area contributed by atoms with Gasteiger partial charge in [-0.05, 0) is 13.3 Å². The summed E-state index contributed by atoms with van der Waals surface area (Å²) in [7, 11) is 1.61. The molecule has 0 saturated heterocycles. The van der Waals surface area contributed by atoms with E-state index in [-0.39, 0.29) is 6.61 Å². The molecule has 0 aromatic rings. The van der Waals surface area contributed by atoms with Gasteiger partial charge in [-0.3, -0.25) is 4.79 Å². The molecule has 6 nitrogen and oxygen atoms in total. The molecule has 0 spiro atoms. The maximum Gasteiger partial charge on any atom is 0.323 e. The van der Waals surface area contributed by atoms with Crippen molar-refractivity contribution in [3.8, 4) is 6.07 Å². The normalized spacial score (nSPS) is 11.8. The minimum Gasteiger partial charge on any atom is -0.465 e. The summed E-state index contributed by atoms with van der Waals surface area (Å²) in [6.45, 7) is 4.32. The van der Waals surface area contributed by atoms with Crippen molar-refractivity contribution in [1.29, 1.82) is 5.26 Å². The molecule has 0 aromatic heterocycles. The van der Waals surface area contributed by atoms with Gasteiger partial charge in [-0.1, -0.05) is 0 Å². The first kappa shape index (κ1) is 16.8. The summed E-state index contributed by atoms with van der Waals surface area (Å²) in [5, 5.41) is 8.78. The van der Waals surface area contributed by atoms with Crippen LogP contribution in [0.2, 0.25) is 0 Å². The van der Waals surface area contributed by atoms with E-state index in [2.05, 4.69) is 0 Å². The van der Waals surface area contributed by atoms with E-state index >= 15 is 0 Å². The van der Waals surface area contributed by atoms with Gasteiger partial charge < -0.3 is 18.9 Å². The predicted molar refractivity (Wildman–Crippen MR) is 63.9 cm³/mol. The smallest absolute Gasteiger partial charge is 0.323 e. The topological polar surface area (TPSA) is 77.8 Å². The number of ether oxygens (including phenoxy) is 4. The van der Waals surface area contributed by atoms with E-state index in [0.29, 0.717) is 39.5 Å². The number of methoxy groups -OCH3 is 1. The van der Waals surface area contributed by atoms with E-state index in [0.717, 1.165) is 0 Å². The van der Waals surface area contributed by atoms with Crippen molar-refractivity contribution < 1.29 is 23.7 Å². The van der Waals surface area contributed by atoms with Gasteiger partial charge in [-0.2, -0.15) is 5.26 Å². The minimum atomic E-state index is -0.751. The highest BCUT2D eigenvalue weighted by molar-refractivity contribution is 5.75. The van der Waals surface area contributed by atoms with Crippen LogP contribution in [0.15, 0.2) is 0 Å². The van der Waals surface area contributed by atoms with Crippen molar-refractivity contribution in [2.75, 3.05) is 46.8 Å². The van der Waals surface area contributed by atoms with Gasteiger partial charge in [0.15, 0.2) is 0 Å². The Balaban J connectivity index is 3.46. The molecule has 0 aromatic carbocycles. The third-order valence-electron chi connectivity index (χ3n) is 2.08. The van der Waals surface area contributed by atoms with E-state index in [1.54, 1.807) is 14.0 Å². The van der Waals surface area contributed by atoms with Crippen LogP contribution in [0.25, 0.3) is 0 Å². The summed E-state index contributed by atoms with van der Waals surface area (Å²) in [5.41, 5.74) is 0. The highest BCUT2D eigenvalue weighted by atomic mass is 16.5. The summed E-state index contributed by atoms with van der Waals surface area (Å²) in [6.07, 6.45) is 0.341. The summed E-state index contributed by atoms with van der Waals surface area (Å²) < 4.78 is 20.0. The average Bonchev–Trinajstić information content (AvgIpc) is 2.37. The molecule has 1 atom stereocenters. The van der Waals surface area contributed by atoms with Crippen LogP contribution >= 0.6 is 0 Å². The lowest BCUT2D eigenvalue weighted by Gasteiger charge is -2.09. The van der Waals surface area contributed by atoms with Crippen LogP contribution in [0.3, 0.4) is 0 Å². The predicted octanol–water partition coefficient (Wildman–Crippen LogP) is 0.759. The van der Waals surface area contributed by atoms with Crippen molar-refractivity contribution in [1.82, 2.24) is 0 Å². The standard InChI is InChI=1S/C12H21NO5/c1-3-18-12(14)11(10-13)4-5-16-8-9-17-7-6-15-2/h11H,3-9H2,1-2H3. The highest BCUT2D eigenvalue weighted by Gasteiger charge is 2.18. The van der Waals surface area contributed by atoms with Crippen LogP contribution < -0.4 is 0 Å². The fraction of sp³-hybridized carbons (Fsp3) is 0.833. The van der Waals surface area contributed by atoms with Gasteiger partial charge in [0.05, 0.1) is 39.1 Å². The highest BCUT2D eigenvalue weighted by Crippen LogP contribution is 2.04. The molecule has 1 unspecified atom stereocenters. The number of hydrogen-bond acceptors (Lipinski definition) is 6. The molecule has 0 bridgehead atoms. The van der Waals surface area contributed by atoms with Gasteiger partial charge in [0.1, 0.15) is 5.92 Å². The molecule has 0 aliphatic heterocycles. The van der Waals surface area contributed by atoms with Crippen molar-refractivity contribution in [2.45, 2.75) is 13.3 Å². The SMILES string of the molecule is CCOC(=O)C(C#N)CCOCCOCCOC. The Labute approximate surface area is 108 Å². The van der Waals surface area contributed by atoms with Gasteiger partial charge in [-0.25, -0.2) is 0 Å². The first-order valence-corrected chi connectivity index (χ1v) is 5.96. The van der Waals surface area contributed by atoms with Gasteiger partial charge >= 0.3 is 5.97 Å². The Kier molecular flexibility index (Phi) is 11.5. The third kappa shape index (κ3) is 8.93. The molecule has 0 aliphatic carbocycles. The first-order chi connectivity index (χ1) is 8.76. The van der Waals surface area contributed by atoms with Gasteiger partial charge in [-0.15, -0.1) is 0 Å². The number of carbonyl (C=O) groups is 1. The van der Waals surface area contributed by atoms with Gasteiger partial charge in [0, 0.05) is 13.7 Å². The zero-order valence-corrected chi connectivity index (χ0v) is 11.0. The second kappa shape index (κ2) is 12.3. The van der Waals surface area contributed by atoms with Gasteiger partial charge in [0.25, 0.3) is 0 Å². The summed E-state index contributed by atoms with van der Waals surface area (Å²) in [6, 6.07) is 1.90. The maximum atomic E-state index is 11.3. The molecular weight excluding hydrogens is 238 g/mol. The second-order valence-electron chi connectivity index (χ2n) is 3.44. The fourth-order valence-corrected chi connectivity index (χ4v) is 1.14. The number of rotatable bonds is 11. The Bertz CT molecular complexity index is 251. The average molecular weight is 259 g/mol. The molecule has 0 fully saturated rings. The van der Waals surface area contributed by atoms with E-state index in [1.807, 2.05) is 6.07 Å². The molecule has 0 radical (unpaired) electrons. The van der Waals surface area contributed by atoms with Crippen molar-refractivity contribution >= 4 is 5.97 Å². The molecule has 0 N–H and O–H groups in total. The lowest BCUT2D eigenvalue weighted by atomic mass is 10.1. The first-order valence-electron chi connectivity index (χ1n) is 5.96. The Morgan fingerprint density at radius 2 is 1.78 bits per heavy atom. The number of nitrogens with zero attached hydrogens (tertiary/aromatic N) is 1. The maximum absolute atomic E-state index is 11.3. The van der Waals surface area contributed by atoms with Crippen LogP contribution in [-0.4, -0.2) is 52.7 Å². The quantitative estimate of drug-likeness (QED) is 0.402. The van der Waals surface area contributed by atoms with Crippen LogP contribution in [0, 0.1) is 17.2 Å². The number of hydrogen-bond donors (Lipinski definition) is 0. The van der Waals surface area contributed by atoms with Crippen LogP contribution in [-0.2, 0) is 23.7 Å². The molecule has 0 amide bonds. The largest absolute Gasteiger partial charge is 0.465 e. The van der Waals surface area contributed by atoms with E-state index in [1.165, 1.54) is 0 Å². The van der Waals surface area contributed by atoms with Crippen molar-refractivity contribution in [3.05, 3.63) is 0 Å². The van der Waals surface area contributed by atoms with E-state index < -0.39 is 11.9 Å². The minimum absolute atomic E-state index is 0.283. The summed E-state index contributed by atoms with van der Waals surface area (Å²) in [5.74, 6) is -1.24. The zero-order chi connectivity index (χ0) is 13.6. The molecule has 0 aliphatic rings. The Morgan fingerprint density at radius 1 is 1.17 bits per heavy atom.